The van der Waals surface area contributed by atoms with E-state index < -0.39 is 43.2 Å². The second-order valence-electron chi connectivity index (χ2n) is 37.5. The highest BCUT2D eigenvalue weighted by atomic mass is 32.2. The molecule has 12 fully saturated rings. The van der Waals surface area contributed by atoms with Crippen LogP contribution in [0, 0.1) is 20.8 Å². The molecule has 9 aromatic rings. The van der Waals surface area contributed by atoms with Crippen molar-refractivity contribution in [3.8, 4) is 0 Å². The summed E-state index contributed by atoms with van der Waals surface area (Å²) in [5, 5.41) is 24.1. The number of benzene rings is 4. The molecule has 30 nitrogen and oxygen atoms in total. The summed E-state index contributed by atoms with van der Waals surface area (Å²) in [5.74, 6) is 8.75. The highest BCUT2D eigenvalue weighted by molar-refractivity contribution is 7.86. The summed E-state index contributed by atoms with van der Waals surface area (Å²) >= 11 is 0. The fourth-order valence-electron chi connectivity index (χ4n) is 21.9. The Kier molecular flexibility index (Phi) is 23.1. The van der Waals surface area contributed by atoms with E-state index in [-0.39, 0.29) is 12.1 Å². The number of piperazine rings is 4. The number of fused-ring (bicyclic) bond motifs is 13. The first kappa shape index (κ1) is 83.3. The first-order valence-electron chi connectivity index (χ1n) is 46.4. The molecule has 0 radical (unpaired) electrons. The van der Waals surface area contributed by atoms with Crippen LogP contribution in [-0.4, -0.2) is 260 Å². The molecule has 15 aliphatic heterocycles. The number of anilines is 12. The van der Waals surface area contributed by atoms with E-state index in [9.17, 15) is 21.9 Å². The second-order valence-corrected chi connectivity index (χ2v) is 43.5. The van der Waals surface area contributed by atoms with Crippen molar-refractivity contribution < 1.29 is 40.6 Å². The third-order valence-electron chi connectivity index (χ3n) is 29.0. The van der Waals surface area contributed by atoms with Crippen molar-refractivity contribution in [2.75, 3.05) is 182 Å². The fourth-order valence-corrected chi connectivity index (χ4v) is 27.2. The molecule has 0 amide bonds. The Hall–Kier alpha value is -9.29. The van der Waals surface area contributed by atoms with Gasteiger partial charge in [0.25, 0.3) is 6.01 Å². The van der Waals surface area contributed by atoms with Crippen LogP contribution in [0.25, 0.3) is 11.1 Å². The highest BCUT2D eigenvalue weighted by Gasteiger charge is 2.51. The summed E-state index contributed by atoms with van der Waals surface area (Å²) in [6.07, 6.45) is 17.4. The molecule has 12 atom stereocenters. The number of aryl methyl sites for hydroxylation is 7. The Bertz CT molecular complexity index is 5620. The van der Waals surface area contributed by atoms with Crippen LogP contribution in [0.2, 0.25) is 0 Å². The summed E-state index contributed by atoms with van der Waals surface area (Å²) in [6.45, 7) is 18.6. The van der Waals surface area contributed by atoms with Gasteiger partial charge in [0, 0.05) is 206 Å². The second kappa shape index (κ2) is 35.2. The van der Waals surface area contributed by atoms with E-state index in [1.165, 1.54) is 46.6 Å². The van der Waals surface area contributed by atoms with Gasteiger partial charge in [-0.3, -0.25) is 16.8 Å². The molecule has 11 saturated heterocycles. The molecule has 20 heterocycles. The molecule has 127 heavy (non-hydrogen) atoms. The molecule has 4 aromatic carbocycles. The van der Waals surface area contributed by atoms with Crippen LogP contribution in [0.5, 0.6) is 0 Å². The quantitative estimate of drug-likeness (QED) is 0.0566. The predicted octanol–water partition coefficient (Wildman–Crippen LogP) is 9.99. The van der Waals surface area contributed by atoms with Gasteiger partial charge in [-0.15, -0.1) is 0 Å². The van der Waals surface area contributed by atoms with E-state index >= 15 is 0 Å². The number of para-hydroxylation sites is 2. The highest BCUT2D eigenvalue weighted by Crippen LogP contribution is 2.47. The van der Waals surface area contributed by atoms with Crippen molar-refractivity contribution in [1.82, 2.24) is 44.9 Å². The van der Waals surface area contributed by atoms with Gasteiger partial charge in [0.2, 0.25) is 23.8 Å². The lowest BCUT2D eigenvalue weighted by atomic mass is 10.1. The zero-order valence-corrected chi connectivity index (χ0v) is 76.0. The molecular weight excluding hydrogens is 1680 g/mol. The number of hydrogen-bond acceptors (Lipinski definition) is 30. The predicted molar refractivity (Wildman–Crippen MR) is 497 cm³/mol. The van der Waals surface area contributed by atoms with Gasteiger partial charge in [-0.2, -0.15) is 24.9 Å². The number of aliphatic hydroxyl groups is 1. The largest absolute Gasteiger partial charge is 0.423 e. The van der Waals surface area contributed by atoms with Gasteiger partial charge in [-0.1, -0.05) is 65.2 Å². The number of aromatic nitrogens is 9. The molecule has 5 N–H and O–H groups in total. The molecular formula is C93H115N21O9S4. The Morgan fingerprint density at radius 2 is 0.724 bits per heavy atom. The van der Waals surface area contributed by atoms with Crippen LogP contribution >= 0.6 is 0 Å². The minimum atomic E-state index is -1.06. The zero-order valence-electron chi connectivity index (χ0n) is 72.7. The van der Waals surface area contributed by atoms with E-state index in [4.69, 9.17) is 63.5 Å². The van der Waals surface area contributed by atoms with E-state index in [0.717, 1.165) is 289 Å². The van der Waals surface area contributed by atoms with E-state index in [2.05, 4.69) is 154 Å². The van der Waals surface area contributed by atoms with Crippen LogP contribution in [0.1, 0.15) is 129 Å². The summed E-state index contributed by atoms with van der Waals surface area (Å²) in [4.78, 5) is 66.8. The number of nitrogens with zero attached hydrogens (tertiary/aromatic N) is 17. The Morgan fingerprint density at radius 3 is 1.10 bits per heavy atom. The molecule has 1 saturated carbocycles. The van der Waals surface area contributed by atoms with Crippen molar-refractivity contribution >= 4 is 124 Å². The minimum absolute atomic E-state index is 0.0776. The number of oxazole rings is 1. The van der Waals surface area contributed by atoms with Gasteiger partial charge in [0.15, 0.2) is 5.58 Å². The van der Waals surface area contributed by atoms with Gasteiger partial charge in [0.1, 0.15) is 48.4 Å². The van der Waals surface area contributed by atoms with Crippen molar-refractivity contribution in [3.05, 3.63) is 137 Å². The normalized spacial score (nSPS) is 27.6. The molecule has 34 heteroatoms. The molecule has 670 valence electrons. The molecule has 8 bridgehead atoms. The average molecular weight is 1800 g/mol. The standard InChI is InChI=1S/C24H31N5O2S.C23H26N6O3S.2C23H29N5O2S/c1-16-2-4-18(5-3-16)28-14-19-6-7-20(15-28)29(19)24-26-21-10-13-32(30)22(21)23(27-24)25-17-8-11-31-12-9-17;30-33-10-7-18-20(33)21(24-14-5-8-31-9-6-14)27-22(25-18)28-12-16-11-15(28)13-29(16)23-26-17-3-1-2-4-19(17)32-23;1-15-2-4-17(5-3-15)27-13-19-12-18(27)14-28(19)23-25-20-8-11-31(29)21(20)22(26-23)24-16-6-9-30-10-7-16;1-15-2-4-16(5-3-15)27-12-17-6-7-18(13-27)28(17)22-24-19-8-11-31(30)20(19)21(25-22)26-23(14-29)9-10-23/h2-5,17,19-20H,6-15H2,1H3,(H,25,26,27);1-4,14-16H,5-13H2,(H,24,25,27);2-5,16,18-19H,6-14H2,1H3,(H,24,25,26);2-5,17-18,29H,6-14H2,1H3,(H,24,25,26)/t19-,20?,32?;15?,16-,33?;18-,19?,31?;17-,18?,31?/m1111/s1. The average Bonchev–Trinajstić information content (AvgIpc) is 1.63. The molecule has 0 spiro atoms. The zero-order chi connectivity index (χ0) is 85.7. The van der Waals surface area contributed by atoms with Gasteiger partial charge in [0.05, 0.1) is 96.2 Å². The number of aliphatic hydroxyl groups excluding tert-OH is 1. The molecule has 16 aliphatic rings. The smallest absolute Gasteiger partial charge is 0.298 e. The van der Waals surface area contributed by atoms with Crippen molar-refractivity contribution in [2.45, 2.75) is 228 Å². The third kappa shape index (κ3) is 16.8. The third-order valence-corrected chi connectivity index (χ3v) is 34.9. The first-order chi connectivity index (χ1) is 62.1. The van der Waals surface area contributed by atoms with Crippen LogP contribution in [0.4, 0.5) is 70.1 Å². The van der Waals surface area contributed by atoms with Gasteiger partial charge < -0.3 is 84.2 Å². The maximum absolute atomic E-state index is 12.7. The molecule has 8 unspecified atom stereocenters. The topological polar surface area (TPSA) is 319 Å². The summed E-state index contributed by atoms with van der Waals surface area (Å²) in [7, 11) is -4.10. The van der Waals surface area contributed by atoms with Crippen LogP contribution in [0.3, 0.4) is 0 Å². The number of ether oxygens (including phenoxy) is 3. The molecule has 25 rings (SSSR count). The maximum atomic E-state index is 12.7. The number of nitrogens with one attached hydrogen (secondary N) is 4. The number of hydrogen-bond donors (Lipinski definition) is 5. The van der Waals surface area contributed by atoms with Crippen LogP contribution < -0.4 is 60.5 Å². The summed E-state index contributed by atoms with van der Waals surface area (Å²) in [5.41, 5.74) is 13.0. The lowest BCUT2D eigenvalue weighted by Crippen LogP contribution is -2.54. The van der Waals surface area contributed by atoms with E-state index in [1.54, 1.807) is 0 Å². The van der Waals surface area contributed by atoms with Gasteiger partial charge in [-0.25, -0.2) is 19.9 Å². The van der Waals surface area contributed by atoms with Crippen LogP contribution in [-0.2, 0) is 83.1 Å². The lowest BCUT2D eigenvalue weighted by Gasteiger charge is -2.42. The van der Waals surface area contributed by atoms with Gasteiger partial charge in [-0.05, 0) is 159 Å². The van der Waals surface area contributed by atoms with E-state index in [1.807, 2.05) is 24.3 Å². The summed E-state index contributed by atoms with van der Waals surface area (Å²) in [6, 6.07) is 39.2. The molecule has 1 aliphatic carbocycles. The molecule has 5 aromatic heterocycles. The fraction of sp³-hybridized carbons (Fsp3) is 0.559. The van der Waals surface area contributed by atoms with Crippen molar-refractivity contribution in [2.24, 2.45) is 0 Å². The van der Waals surface area contributed by atoms with Crippen LogP contribution in [0.15, 0.2) is 121 Å². The van der Waals surface area contributed by atoms with E-state index in [0.29, 0.717) is 101 Å². The minimum Gasteiger partial charge on any atom is -0.423 e. The van der Waals surface area contributed by atoms with Crippen molar-refractivity contribution in [1.29, 1.82) is 0 Å². The Morgan fingerprint density at radius 1 is 0.378 bits per heavy atom. The number of rotatable bonds is 17. The monoisotopic (exact) mass is 1800 g/mol. The Labute approximate surface area is 751 Å². The lowest BCUT2D eigenvalue weighted by molar-refractivity contribution is 0.0902. The van der Waals surface area contributed by atoms with Gasteiger partial charge >= 0.3 is 0 Å². The maximum Gasteiger partial charge on any atom is 0.298 e. The Balaban J connectivity index is 0.000000100. The SMILES string of the molecule is Cc1ccc(N2CC3CC[C@H](C2)N3c2nc3c(c(NC4(CO)CC4)n2)S(=O)CC3)cc1.Cc1ccc(N2CC3CC[C@H](C2)N3c2nc3c(c(NC4CCOCC4)n2)S(=O)CC3)cc1.Cc1ccc(N2CC3C[C@@H]2CN3c2nc3c(c(NC4CCOCC4)n2)S(=O)CC3)cc1.O=S1CCc2nc(N3C[C@H]4CC3CN4c3nc4ccccc4o3)nc(NC3CCOCC3)c21. The first-order valence-corrected chi connectivity index (χ1v) is 51.6. The van der Waals surface area contributed by atoms with Crippen molar-refractivity contribution in [3.63, 3.8) is 0 Å². The summed E-state index contributed by atoms with van der Waals surface area (Å²) < 4.78 is 73.3.